The van der Waals surface area contributed by atoms with Crippen molar-refractivity contribution in [3.8, 4) is 0 Å². The third-order valence-electron chi connectivity index (χ3n) is 5.03. The first-order valence-electron chi connectivity index (χ1n) is 9.16. The van der Waals surface area contributed by atoms with E-state index in [9.17, 15) is 4.79 Å². The minimum absolute atomic E-state index is 0.0984. The fraction of sp³-hybridized carbons (Fsp3) is 0.300. The van der Waals surface area contributed by atoms with Gasteiger partial charge in [0.15, 0.2) is 5.82 Å². The van der Waals surface area contributed by atoms with Crippen LogP contribution >= 0.6 is 0 Å². The van der Waals surface area contributed by atoms with E-state index in [1.165, 1.54) is 16.7 Å². The number of aryl methyl sites for hydroxylation is 2. The Morgan fingerprint density at radius 1 is 1.15 bits per heavy atom. The van der Waals surface area contributed by atoms with Crippen LogP contribution in [0.25, 0.3) is 0 Å². The molecule has 1 aliphatic heterocycles. The predicted molar refractivity (Wildman–Crippen MR) is 102 cm³/mol. The van der Waals surface area contributed by atoms with Crippen molar-refractivity contribution in [3.05, 3.63) is 71.0 Å². The number of anilines is 1. The van der Waals surface area contributed by atoms with Crippen LogP contribution in [0.4, 0.5) is 5.69 Å². The van der Waals surface area contributed by atoms with Gasteiger partial charge in [-0.05, 0) is 42.0 Å². The molecule has 138 valence electrons. The number of rotatable bonds is 6. The molecule has 0 spiro atoms. The van der Waals surface area contributed by atoms with Gasteiger partial charge in [0.2, 0.25) is 5.91 Å². The normalized spacial score (nSPS) is 14.2. The van der Waals surface area contributed by atoms with Gasteiger partial charge in [0, 0.05) is 18.7 Å². The van der Waals surface area contributed by atoms with Crippen molar-refractivity contribution in [1.82, 2.24) is 20.6 Å². The minimum Gasteiger partial charge on any atom is -0.320 e. The van der Waals surface area contributed by atoms with Crippen molar-refractivity contribution in [2.24, 2.45) is 5.73 Å². The van der Waals surface area contributed by atoms with Crippen LogP contribution in [0.5, 0.6) is 0 Å². The number of carbonyl (C=O) groups is 1. The Balaban J connectivity index is 1.48. The summed E-state index contributed by atoms with van der Waals surface area (Å²) < 4.78 is 0. The summed E-state index contributed by atoms with van der Waals surface area (Å²) in [6, 6.07) is 16.0. The number of aromatic nitrogens is 4. The summed E-state index contributed by atoms with van der Waals surface area (Å²) in [6.45, 7) is 0.663. The lowest BCUT2D eigenvalue weighted by Crippen LogP contribution is -2.44. The number of aromatic amines is 1. The number of H-pyrrole nitrogens is 1. The zero-order chi connectivity index (χ0) is 18.6. The Kier molecular flexibility index (Phi) is 4.93. The molecule has 0 aliphatic carbocycles. The van der Waals surface area contributed by atoms with Gasteiger partial charge in [-0.25, -0.2) is 0 Å². The van der Waals surface area contributed by atoms with E-state index >= 15 is 0 Å². The molecule has 7 nitrogen and oxygen atoms in total. The zero-order valence-corrected chi connectivity index (χ0v) is 15.0. The van der Waals surface area contributed by atoms with Gasteiger partial charge in [-0.3, -0.25) is 4.79 Å². The maximum absolute atomic E-state index is 12.8. The highest BCUT2D eigenvalue weighted by atomic mass is 16.2. The summed E-state index contributed by atoms with van der Waals surface area (Å²) in [6.07, 6.45) is 3.09. The first-order valence-corrected chi connectivity index (χ1v) is 9.16. The SMILES string of the molecule is NC(Cc1nn[nH]n1)C(=O)N1CCc2c(CCc3ccccc3)cccc21. The van der Waals surface area contributed by atoms with E-state index in [-0.39, 0.29) is 12.3 Å². The lowest BCUT2D eigenvalue weighted by molar-refractivity contribution is -0.119. The number of tetrazole rings is 1. The van der Waals surface area contributed by atoms with Crippen LogP contribution in [0.3, 0.4) is 0 Å². The smallest absolute Gasteiger partial charge is 0.244 e. The molecule has 3 aromatic rings. The second-order valence-corrected chi connectivity index (χ2v) is 6.78. The molecular weight excluding hydrogens is 340 g/mol. The topological polar surface area (TPSA) is 101 Å². The van der Waals surface area contributed by atoms with Crippen LogP contribution in [0, 0.1) is 0 Å². The molecule has 2 heterocycles. The number of fused-ring (bicyclic) bond motifs is 1. The highest BCUT2D eigenvalue weighted by Gasteiger charge is 2.30. The number of nitrogens with two attached hydrogens (primary N) is 1. The van der Waals surface area contributed by atoms with Gasteiger partial charge < -0.3 is 10.6 Å². The second kappa shape index (κ2) is 7.67. The van der Waals surface area contributed by atoms with Crippen molar-refractivity contribution in [2.75, 3.05) is 11.4 Å². The van der Waals surface area contributed by atoms with Gasteiger partial charge in [-0.15, -0.1) is 10.2 Å². The van der Waals surface area contributed by atoms with Crippen molar-refractivity contribution in [3.63, 3.8) is 0 Å². The van der Waals surface area contributed by atoms with E-state index in [0.717, 1.165) is 24.9 Å². The number of benzene rings is 2. The quantitative estimate of drug-likeness (QED) is 0.691. The van der Waals surface area contributed by atoms with Crippen LogP contribution in [0.15, 0.2) is 48.5 Å². The first-order chi connectivity index (χ1) is 13.2. The van der Waals surface area contributed by atoms with Crippen LogP contribution in [0.1, 0.15) is 22.5 Å². The third-order valence-corrected chi connectivity index (χ3v) is 5.03. The summed E-state index contributed by atoms with van der Waals surface area (Å²) in [5.41, 5.74) is 11.0. The van der Waals surface area contributed by atoms with E-state index in [1.54, 1.807) is 4.90 Å². The van der Waals surface area contributed by atoms with E-state index < -0.39 is 6.04 Å². The summed E-state index contributed by atoms with van der Waals surface area (Å²) in [4.78, 5) is 14.6. The fourth-order valence-corrected chi connectivity index (χ4v) is 3.65. The van der Waals surface area contributed by atoms with Crippen molar-refractivity contribution in [1.29, 1.82) is 0 Å². The van der Waals surface area contributed by atoms with Gasteiger partial charge in [0.05, 0.1) is 6.04 Å². The molecule has 27 heavy (non-hydrogen) atoms. The standard InChI is InChI=1S/C20H22N6O/c21-17(13-19-22-24-25-23-19)20(27)26-12-11-16-15(7-4-8-18(16)26)10-9-14-5-2-1-3-6-14/h1-8,17H,9-13,21H2,(H,22,23,24,25). The number of nitrogens with zero attached hydrogens (tertiary/aromatic N) is 4. The maximum Gasteiger partial charge on any atom is 0.244 e. The molecule has 0 saturated heterocycles. The number of hydrogen-bond acceptors (Lipinski definition) is 5. The minimum atomic E-state index is -0.679. The molecule has 1 aliphatic rings. The number of nitrogens with one attached hydrogen (secondary N) is 1. The van der Waals surface area contributed by atoms with Crippen LogP contribution in [0.2, 0.25) is 0 Å². The van der Waals surface area contributed by atoms with Gasteiger partial charge in [0.25, 0.3) is 0 Å². The maximum atomic E-state index is 12.8. The number of carbonyl (C=O) groups excluding carboxylic acids is 1. The van der Waals surface area contributed by atoms with E-state index in [2.05, 4.69) is 51.0 Å². The molecule has 1 atom stereocenters. The molecule has 0 fully saturated rings. The summed E-state index contributed by atoms with van der Waals surface area (Å²) in [5.74, 6) is 0.352. The van der Waals surface area contributed by atoms with Crippen LogP contribution in [-0.4, -0.2) is 39.1 Å². The van der Waals surface area contributed by atoms with Crippen molar-refractivity contribution in [2.45, 2.75) is 31.7 Å². The molecule has 2 aromatic carbocycles. The number of amides is 1. The molecule has 1 aromatic heterocycles. The van der Waals surface area contributed by atoms with Gasteiger partial charge in [-0.1, -0.05) is 47.7 Å². The summed E-state index contributed by atoms with van der Waals surface area (Å²) in [5, 5.41) is 13.6. The van der Waals surface area contributed by atoms with Gasteiger partial charge >= 0.3 is 0 Å². The molecule has 0 bridgehead atoms. The number of hydrogen-bond donors (Lipinski definition) is 2. The largest absolute Gasteiger partial charge is 0.320 e. The van der Waals surface area contributed by atoms with Crippen LogP contribution < -0.4 is 10.6 Å². The fourth-order valence-electron chi connectivity index (χ4n) is 3.65. The first kappa shape index (κ1) is 17.4. The Labute approximate surface area is 157 Å². The molecule has 3 N–H and O–H groups in total. The van der Waals surface area contributed by atoms with E-state index in [0.29, 0.717) is 12.4 Å². The van der Waals surface area contributed by atoms with E-state index in [4.69, 9.17) is 5.73 Å². The molecule has 0 saturated carbocycles. The Bertz CT molecular complexity index is 909. The lowest BCUT2D eigenvalue weighted by atomic mass is 9.98. The Morgan fingerprint density at radius 3 is 2.78 bits per heavy atom. The monoisotopic (exact) mass is 362 g/mol. The molecule has 4 rings (SSSR count). The molecular formula is C20H22N6O. The van der Waals surface area contributed by atoms with E-state index in [1.807, 2.05) is 18.2 Å². The Hall–Kier alpha value is -3.06. The van der Waals surface area contributed by atoms with Crippen molar-refractivity contribution < 1.29 is 4.79 Å². The zero-order valence-electron chi connectivity index (χ0n) is 15.0. The second-order valence-electron chi connectivity index (χ2n) is 6.78. The summed E-state index contributed by atoms with van der Waals surface area (Å²) >= 11 is 0. The molecule has 1 amide bonds. The molecule has 1 unspecified atom stereocenters. The average Bonchev–Trinajstić information content (AvgIpc) is 3.36. The highest BCUT2D eigenvalue weighted by Crippen LogP contribution is 2.32. The van der Waals surface area contributed by atoms with Crippen molar-refractivity contribution >= 4 is 11.6 Å². The third kappa shape index (κ3) is 3.73. The molecule has 7 heteroatoms. The Morgan fingerprint density at radius 2 is 2.00 bits per heavy atom. The summed E-state index contributed by atoms with van der Waals surface area (Å²) in [7, 11) is 0. The average molecular weight is 362 g/mol. The van der Waals surface area contributed by atoms with Gasteiger partial charge in [0.1, 0.15) is 0 Å². The van der Waals surface area contributed by atoms with Gasteiger partial charge in [-0.2, -0.15) is 5.21 Å². The predicted octanol–water partition coefficient (Wildman–Crippen LogP) is 1.44. The molecule has 0 radical (unpaired) electrons. The lowest BCUT2D eigenvalue weighted by Gasteiger charge is -2.21. The van der Waals surface area contributed by atoms with Crippen LogP contribution in [-0.2, 0) is 30.5 Å². The highest BCUT2D eigenvalue weighted by molar-refractivity contribution is 5.99.